The fourth-order valence-corrected chi connectivity index (χ4v) is 2.36. The molecular formula is C13H18BrNO3. The number of benzene rings is 1. The fourth-order valence-electron chi connectivity index (χ4n) is 1.83. The molecule has 1 unspecified atom stereocenters. The molecule has 0 saturated heterocycles. The molecule has 1 aromatic carbocycles. The maximum Gasteiger partial charge on any atom is 0.338 e. The van der Waals surface area contributed by atoms with E-state index in [1.54, 1.807) is 19.2 Å². The number of carboxylic acid groups (broad SMARTS) is 1. The minimum atomic E-state index is -0.947. The van der Waals surface area contributed by atoms with E-state index in [-0.39, 0.29) is 11.6 Å². The van der Waals surface area contributed by atoms with Crippen LogP contribution in [0.5, 0.6) is 0 Å². The van der Waals surface area contributed by atoms with Gasteiger partial charge in [0, 0.05) is 17.6 Å². The number of nitrogens with one attached hydrogen (secondary N) is 1. The van der Waals surface area contributed by atoms with Gasteiger partial charge in [-0.05, 0) is 34.5 Å². The van der Waals surface area contributed by atoms with Crippen LogP contribution in [0.25, 0.3) is 0 Å². The van der Waals surface area contributed by atoms with Gasteiger partial charge in [0.05, 0.1) is 17.9 Å². The zero-order chi connectivity index (χ0) is 13.5. The molecule has 0 amide bonds. The van der Waals surface area contributed by atoms with Gasteiger partial charge in [-0.3, -0.25) is 0 Å². The molecular weight excluding hydrogens is 298 g/mol. The molecule has 18 heavy (non-hydrogen) atoms. The highest BCUT2D eigenvalue weighted by atomic mass is 79.9. The van der Waals surface area contributed by atoms with Gasteiger partial charge in [0.25, 0.3) is 0 Å². The Balaban J connectivity index is 2.94. The third-order valence-electron chi connectivity index (χ3n) is 2.59. The van der Waals surface area contributed by atoms with Crippen molar-refractivity contribution in [1.82, 2.24) is 0 Å². The number of halogens is 1. The van der Waals surface area contributed by atoms with Crippen molar-refractivity contribution in [2.24, 2.45) is 0 Å². The smallest absolute Gasteiger partial charge is 0.338 e. The first-order valence-electron chi connectivity index (χ1n) is 5.87. The first-order valence-corrected chi connectivity index (χ1v) is 6.66. The summed E-state index contributed by atoms with van der Waals surface area (Å²) in [5, 5.41) is 12.5. The molecule has 1 aromatic rings. The monoisotopic (exact) mass is 315 g/mol. The second kappa shape index (κ2) is 7.38. The van der Waals surface area contributed by atoms with Crippen molar-refractivity contribution < 1.29 is 14.6 Å². The number of hydrogen-bond acceptors (Lipinski definition) is 3. The van der Waals surface area contributed by atoms with E-state index in [9.17, 15) is 9.90 Å². The van der Waals surface area contributed by atoms with Gasteiger partial charge in [-0.25, -0.2) is 4.79 Å². The molecule has 100 valence electrons. The summed E-state index contributed by atoms with van der Waals surface area (Å²) in [6, 6.07) is 5.42. The van der Waals surface area contributed by atoms with Gasteiger partial charge in [0.2, 0.25) is 0 Å². The number of carboxylic acids is 1. The van der Waals surface area contributed by atoms with Crippen LogP contribution in [0.3, 0.4) is 0 Å². The molecule has 0 aliphatic carbocycles. The number of carbonyl (C=O) groups is 1. The number of hydrogen-bond donors (Lipinski definition) is 2. The maximum atomic E-state index is 11.2. The van der Waals surface area contributed by atoms with E-state index in [1.165, 1.54) is 0 Å². The molecule has 4 nitrogen and oxygen atoms in total. The minimum absolute atomic E-state index is 0.118. The number of ether oxygens (including phenoxy) is 1. The maximum absolute atomic E-state index is 11.2. The van der Waals surface area contributed by atoms with E-state index >= 15 is 0 Å². The van der Waals surface area contributed by atoms with E-state index in [1.807, 2.05) is 6.07 Å². The van der Waals surface area contributed by atoms with Crippen molar-refractivity contribution >= 4 is 27.6 Å². The van der Waals surface area contributed by atoms with E-state index < -0.39 is 5.97 Å². The molecule has 0 fully saturated rings. The summed E-state index contributed by atoms with van der Waals surface area (Å²) in [6.45, 7) is 2.64. The van der Waals surface area contributed by atoms with Crippen molar-refractivity contribution in [2.45, 2.75) is 25.8 Å². The highest BCUT2D eigenvalue weighted by Crippen LogP contribution is 2.25. The Hall–Kier alpha value is -1.07. The molecule has 0 aliphatic heterocycles. The molecule has 0 spiro atoms. The fraction of sp³-hybridized carbons (Fsp3) is 0.462. The molecule has 0 aliphatic rings. The lowest BCUT2D eigenvalue weighted by Gasteiger charge is -2.20. The molecule has 0 radical (unpaired) electrons. The van der Waals surface area contributed by atoms with Crippen LogP contribution in [0.4, 0.5) is 5.69 Å². The van der Waals surface area contributed by atoms with Crippen LogP contribution < -0.4 is 5.32 Å². The lowest BCUT2D eigenvalue weighted by atomic mass is 10.1. The molecule has 2 N–H and O–H groups in total. The van der Waals surface area contributed by atoms with E-state index in [0.717, 1.165) is 12.8 Å². The zero-order valence-corrected chi connectivity index (χ0v) is 12.2. The van der Waals surface area contributed by atoms with Crippen LogP contribution in [-0.4, -0.2) is 30.8 Å². The Labute approximate surface area is 115 Å². The van der Waals surface area contributed by atoms with Gasteiger partial charge in [0.15, 0.2) is 0 Å². The Bertz CT molecular complexity index is 403. The largest absolute Gasteiger partial charge is 0.478 e. The molecule has 0 aromatic heterocycles. The van der Waals surface area contributed by atoms with Crippen LogP contribution in [0.1, 0.15) is 30.1 Å². The average molecular weight is 316 g/mol. The van der Waals surface area contributed by atoms with E-state index in [2.05, 4.69) is 28.2 Å². The highest BCUT2D eigenvalue weighted by Gasteiger charge is 2.16. The van der Waals surface area contributed by atoms with Gasteiger partial charge in [-0.15, -0.1) is 0 Å². The van der Waals surface area contributed by atoms with Crippen molar-refractivity contribution in [2.75, 3.05) is 19.0 Å². The van der Waals surface area contributed by atoms with Gasteiger partial charge < -0.3 is 15.2 Å². The van der Waals surface area contributed by atoms with Crippen LogP contribution in [0.15, 0.2) is 22.7 Å². The second-order valence-corrected chi connectivity index (χ2v) is 4.91. The SMILES string of the molecule is CCCC(COC)Nc1cccc(Br)c1C(=O)O. The molecule has 0 heterocycles. The summed E-state index contributed by atoms with van der Waals surface area (Å²) >= 11 is 3.26. The molecule has 0 bridgehead atoms. The normalized spacial score (nSPS) is 12.2. The van der Waals surface area contributed by atoms with Gasteiger partial charge in [-0.2, -0.15) is 0 Å². The summed E-state index contributed by atoms with van der Waals surface area (Å²) in [5.74, 6) is -0.947. The summed E-state index contributed by atoms with van der Waals surface area (Å²) < 4.78 is 5.71. The van der Waals surface area contributed by atoms with Gasteiger partial charge >= 0.3 is 5.97 Å². The first kappa shape index (κ1) is 15.0. The van der Waals surface area contributed by atoms with Gasteiger partial charge in [0.1, 0.15) is 0 Å². The summed E-state index contributed by atoms with van der Waals surface area (Å²) in [6.07, 6.45) is 1.94. The Kier molecular flexibility index (Phi) is 6.15. The summed E-state index contributed by atoms with van der Waals surface area (Å²) in [7, 11) is 1.64. The highest BCUT2D eigenvalue weighted by molar-refractivity contribution is 9.10. The third-order valence-corrected chi connectivity index (χ3v) is 3.25. The van der Waals surface area contributed by atoms with Crippen molar-refractivity contribution in [1.29, 1.82) is 0 Å². The summed E-state index contributed by atoms with van der Waals surface area (Å²) in [4.78, 5) is 11.2. The second-order valence-electron chi connectivity index (χ2n) is 4.05. The standard InChI is InChI=1S/C13H18BrNO3/c1-3-5-9(8-18-2)15-11-7-4-6-10(14)12(11)13(16)17/h4,6-7,9,15H,3,5,8H2,1-2H3,(H,16,17). The Morgan fingerprint density at radius 3 is 2.83 bits per heavy atom. The molecule has 5 heteroatoms. The number of aromatic carboxylic acids is 1. The zero-order valence-electron chi connectivity index (χ0n) is 10.6. The first-order chi connectivity index (χ1) is 8.60. The van der Waals surface area contributed by atoms with Crippen LogP contribution in [0, 0.1) is 0 Å². The minimum Gasteiger partial charge on any atom is -0.478 e. The molecule has 1 rings (SSSR count). The predicted octanol–water partition coefficient (Wildman–Crippen LogP) is 3.37. The van der Waals surface area contributed by atoms with Gasteiger partial charge in [-0.1, -0.05) is 19.4 Å². The quantitative estimate of drug-likeness (QED) is 0.810. The number of anilines is 1. The summed E-state index contributed by atoms with van der Waals surface area (Å²) in [5.41, 5.74) is 0.877. The topological polar surface area (TPSA) is 58.6 Å². The Morgan fingerprint density at radius 2 is 2.28 bits per heavy atom. The molecule has 0 saturated carbocycles. The van der Waals surface area contributed by atoms with Crippen molar-refractivity contribution in [3.63, 3.8) is 0 Å². The van der Waals surface area contributed by atoms with Crippen LogP contribution in [0.2, 0.25) is 0 Å². The number of methoxy groups -OCH3 is 1. The number of rotatable bonds is 7. The van der Waals surface area contributed by atoms with Crippen molar-refractivity contribution in [3.05, 3.63) is 28.2 Å². The van der Waals surface area contributed by atoms with E-state index in [0.29, 0.717) is 16.8 Å². The van der Waals surface area contributed by atoms with Crippen molar-refractivity contribution in [3.8, 4) is 0 Å². The lowest BCUT2D eigenvalue weighted by Crippen LogP contribution is -2.25. The lowest BCUT2D eigenvalue weighted by molar-refractivity contribution is 0.0697. The molecule has 1 atom stereocenters. The third kappa shape index (κ3) is 3.99. The van der Waals surface area contributed by atoms with Crippen LogP contribution >= 0.6 is 15.9 Å². The average Bonchev–Trinajstić information content (AvgIpc) is 2.29. The Morgan fingerprint density at radius 1 is 1.56 bits per heavy atom. The van der Waals surface area contributed by atoms with E-state index in [4.69, 9.17) is 4.74 Å². The predicted molar refractivity (Wildman–Crippen MR) is 75.3 cm³/mol. The van der Waals surface area contributed by atoms with Crippen LogP contribution in [-0.2, 0) is 4.74 Å².